The molecular weight excluding hydrogens is 332 g/mol. The molecule has 136 valence electrons. The standard InChI is InChI=1S/C25H24O2/c26-24(19-11-3-9-17-22-13-5-1-6-14-22)21-25(27)20-12-4-10-18-23-15-7-2-8-16-23/h1-2,5-20H,3-4,21H2. The van der Waals surface area contributed by atoms with E-state index in [4.69, 9.17) is 0 Å². The summed E-state index contributed by atoms with van der Waals surface area (Å²) in [5.41, 5.74) is 2.25. The van der Waals surface area contributed by atoms with Gasteiger partial charge in [0, 0.05) is 0 Å². The number of ketones is 2. The van der Waals surface area contributed by atoms with Gasteiger partial charge in [0.15, 0.2) is 11.6 Å². The summed E-state index contributed by atoms with van der Waals surface area (Å²) < 4.78 is 0. The minimum atomic E-state index is -0.169. The molecular formula is C25H24O2. The highest BCUT2D eigenvalue weighted by molar-refractivity contribution is 6.08. The SMILES string of the molecule is O=C(C=CCC=Cc1ccccc1)CC(=O)C=CCC=Cc1ccccc1. The van der Waals surface area contributed by atoms with Crippen molar-refractivity contribution >= 4 is 23.7 Å². The molecule has 0 bridgehead atoms. The Balaban J connectivity index is 1.65. The van der Waals surface area contributed by atoms with Gasteiger partial charge in [-0.05, 0) is 36.1 Å². The van der Waals surface area contributed by atoms with E-state index in [2.05, 4.69) is 0 Å². The first-order valence-electron chi connectivity index (χ1n) is 9.06. The van der Waals surface area contributed by atoms with Crippen molar-refractivity contribution in [1.29, 1.82) is 0 Å². The molecule has 0 saturated heterocycles. The van der Waals surface area contributed by atoms with Gasteiger partial charge in [0.2, 0.25) is 0 Å². The highest BCUT2D eigenvalue weighted by atomic mass is 16.1. The normalized spacial score (nSPS) is 11.9. The van der Waals surface area contributed by atoms with E-state index in [0.29, 0.717) is 12.8 Å². The van der Waals surface area contributed by atoms with Crippen LogP contribution in [0, 0.1) is 0 Å². The van der Waals surface area contributed by atoms with Crippen LogP contribution in [-0.2, 0) is 9.59 Å². The van der Waals surface area contributed by atoms with Crippen molar-refractivity contribution < 1.29 is 9.59 Å². The summed E-state index contributed by atoms with van der Waals surface area (Å²) >= 11 is 0. The summed E-state index contributed by atoms with van der Waals surface area (Å²) in [5, 5.41) is 0. The molecule has 0 aliphatic heterocycles. The van der Waals surface area contributed by atoms with E-state index in [1.165, 1.54) is 12.2 Å². The van der Waals surface area contributed by atoms with E-state index in [9.17, 15) is 9.59 Å². The predicted molar refractivity (Wildman–Crippen MR) is 113 cm³/mol. The van der Waals surface area contributed by atoms with Gasteiger partial charge in [0.25, 0.3) is 0 Å². The smallest absolute Gasteiger partial charge is 0.163 e. The number of hydrogen-bond donors (Lipinski definition) is 0. The van der Waals surface area contributed by atoms with E-state index < -0.39 is 0 Å². The Morgan fingerprint density at radius 2 is 1.00 bits per heavy atom. The maximum absolute atomic E-state index is 11.8. The third-order valence-electron chi connectivity index (χ3n) is 3.72. The zero-order valence-electron chi connectivity index (χ0n) is 15.3. The van der Waals surface area contributed by atoms with Crippen molar-refractivity contribution in [3.63, 3.8) is 0 Å². The molecule has 2 aromatic carbocycles. The van der Waals surface area contributed by atoms with E-state index in [1.54, 1.807) is 12.2 Å². The van der Waals surface area contributed by atoms with Gasteiger partial charge in [-0.2, -0.15) is 0 Å². The van der Waals surface area contributed by atoms with Gasteiger partial charge >= 0.3 is 0 Å². The highest BCUT2D eigenvalue weighted by Gasteiger charge is 2.02. The molecule has 2 heteroatoms. The zero-order chi connectivity index (χ0) is 19.2. The third kappa shape index (κ3) is 9.13. The topological polar surface area (TPSA) is 34.1 Å². The fourth-order valence-electron chi connectivity index (χ4n) is 2.38. The summed E-state index contributed by atoms with van der Waals surface area (Å²) in [5.74, 6) is -0.338. The monoisotopic (exact) mass is 356 g/mol. The molecule has 0 heterocycles. The van der Waals surface area contributed by atoms with Gasteiger partial charge in [-0.3, -0.25) is 9.59 Å². The molecule has 0 amide bonds. The second-order valence-corrected chi connectivity index (χ2v) is 6.01. The van der Waals surface area contributed by atoms with Crippen LogP contribution in [-0.4, -0.2) is 11.6 Å². The summed E-state index contributed by atoms with van der Waals surface area (Å²) in [4.78, 5) is 23.6. The molecule has 0 atom stereocenters. The van der Waals surface area contributed by atoms with Gasteiger partial charge in [-0.25, -0.2) is 0 Å². The van der Waals surface area contributed by atoms with Crippen molar-refractivity contribution in [3.05, 3.63) is 108 Å². The molecule has 0 radical (unpaired) electrons. The van der Waals surface area contributed by atoms with Crippen LogP contribution in [0.15, 0.2) is 97.1 Å². The quantitative estimate of drug-likeness (QED) is 0.396. The summed E-state index contributed by atoms with van der Waals surface area (Å²) in [6.07, 6.45) is 15.7. The first kappa shape index (κ1) is 20.1. The average molecular weight is 356 g/mol. The van der Waals surface area contributed by atoms with Crippen LogP contribution in [0.5, 0.6) is 0 Å². The predicted octanol–water partition coefficient (Wildman–Crippen LogP) is 5.83. The van der Waals surface area contributed by atoms with Gasteiger partial charge in [0.1, 0.15) is 0 Å². The highest BCUT2D eigenvalue weighted by Crippen LogP contribution is 2.03. The average Bonchev–Trinajstić information content (AvgIpc) is 2.69. The number of carbonyl (C=O) groups excluding carboxylic acids is 2. The van der Waals surface area contributed by atoms with Gasteiger partial charge in [-0.15, -0.1) is 0 Å². The van der Waals surface area contributed by atoms with Crippen molar-refractivity contribution in [2.24, 2.45) is 0 Å². The van der Waals surface area contributed by atoms with Crippen LogP contribution < -0.4 is 0 Å². The second kappa shape index (κ2) is 12.2. The van der Waals surface area contributed by atoms with E-state index in [0.717, 1.165) is 11.1 Å². The fourth-order valence-corrected chi connectivity index (χ4v) is 2.38. The Kier molecular flexibility index (Phi) is 9.03. The largest absolute Gasteiger partial charge is 0.294 e. The van der Waals surface area contributed by atoms with Gasteiger partial charge in [-0.1, -0.05) is 97.1 Å². The summed E-state index contributed by atoms with van der Waals surface area (Å²) in [7, 11) is 0. The van der Waals surface area contributed by atoms with E-state index in [-0.39, 0.29) is 18.0 Å². The Morgan fingerprint density at radius 1 is 0.593 bits per heavy atom. The molecule has 0 unspecified atom stereocenters. The molecule has 0 saturated carbocycles. The third-order valence-corrected chi connectivity index (χ3v) is 3.72. The Hall–Kier alpha value is -3.26. The van der Waals surface area contributed by atoms with Crippen LogP contribution in [0.1, 0.15) is 30.4 Å². The minimum absolute atomic E-state index is 0.0855. The van der Waals surface area contributed by atoms with Crippen molar-refractivity contribution in [2.75, 3.05) is 0 Å². The molecule has 0 aliphatic carbocycles. The molecule has 2 aromatic rings. The molecule has 0 fully saturated rings. The molecule has 0 N–H and O–H groups in total. The van der Waals surface area contributed by atoms with E-state index >= 15 is 0 Å². The molecule has 27 heavy (non-hydrogen) atoms. The number of benzene rings is 2. The van der Waals surface area contributed by atoms with Crippen LogP contribution >= 0.6 is 0 Å². The number of allylic oxidation sites excluding steroid dienone is 6. The van der Waals surface area contributed by atoms with Crippen LogP contribution in [0.25, 0.3) is 12.2 Å². The Morgan fingerprint density at radius 3 is 1.41 bits per heavy atom. The van der Waals surface area contributed by atoms with Crippen LogP contribution in [0.3, 0.4) is 0 Å². The van der Waals surface area contributed by atoms with Crippen LogP contribution in [0.4, 0.5) is 0 Å². The Bertz CT molecular complexity index is 754. The number of rotatable bonds is 10. The van der Waals surface area contributed by atoms with E-state index in [1.807, 2.05) is 85.0 Å². The molecule has 0 aromatic heterocycles. The lowest BCUT2D eigenvalue weighted by atomic mass is 10.1. The molecule has 0 spiro atoms. The first-order chi connectivity index (χ1) is 13.2. The lowest BCUT2D eigenvalue weighted by Gasteiger charge is -1.92. The maximum Gasteiger partial charge on any atom is 0.163 e. The second-order valence-electron chi connectivity index (χ2n) is 6.01. The zero-order valence-corrected chi connectivity index (χ0v) is 15.3. The Labute approximate surface area is 161 Å². The van der Waals surface area contributed by atoms with Crippen LogP contribution in [0.2, 0.25) is 0 Å². The lowest BCUT2D eigenvalue weighted by Crippen LogP contribution is -2.01. The van der Waals surface area contributed by atoms with Crippen molar-refractivity contribution in [2.45, 2.75) is 19.3 Å². The number of carbonyl (C=O) groups is 2. The summed E-state index contributed by atoms with van der Waals surface area (Å²) in [6, 6.07) is 20.0. The molecule has 2 rings (SSSR count). The lowest BCUT2D eigenvalue weighted by molar-refractivity contribution is -0.121. The van der Waals surface area contributed by atoms with Crippen molar-refractivity contribution in [3.8, 4) is 0 Å². The fraction of sp³-hybridized carbons (Fsp3) is 0.120. The first-order valence-corrected chi connectivity index (χ1v) is 9.06. The van der Waals surface area contributed by atoms with Gasteiger partial charge < -0.3 is 0 Å². The molecule has 0 aliphatic rings. The van der Waals surface area contributed by atoms with Crippen molar-refractivity contribution in [1.82, 2.24) is 0 Å². The summed E-state index contributed by atoms with van der Waals surface area (Å²) in [6.45, 7) is 0. The maximum atomic E-state index is 11.8. The van der Waals surface area contributed by atoms with Gasteiger partial charge in [0.05, 0.1) is 6.42 Å². The molecule has 2 nitrogen and oxygen atoms in total. The number of hydrogen-bond acceptors (Lipinski definition) is 2. The minimum Gasteiger partial charge on any atom is -0.294 e.